The fourth-order valence-corrected chi connectivity index (χ4v) is 4.32. The molecule has 2 N–H and O–H groups in total. The number of hydrogen-bond donors (Lipinski definition) is 2. The van der Waals surface area contributed by atoms with Gasteiger partial charge in [-0.15, -0.1) is 0 Å². The van der Waals surface area contributed by atoms with Crippen LogP contribution in [0.25, 0.3) is 16.6 Å². The molecule has 1 aliphatic rings. The quantitative estimate of drug-likeness (QED) is 0.442. The SMILES string of the molecule is CC(=O)N1CCN(c2nc(NCc3cnn(-c4ccccc4)c3)c3cn(C(C)C)c(O)c3n2)CC1. The molecule has 5 rings (SSSR count). The Hall–Kier alpha value is -4.08. The summed E-state index contributed by atoms with van der Waals surface area (Å²) in [5, 5.41) is 19.6. The number of rotatable bonds is 6. The van der Waals surface area contributed by atoms with E-state index in [1.165, 1.54) is 0 Å². The van der Waals surface area contributed by atoms with Gasteiger partial charge in [0.2, 0.25) is 17.7 Å². The lowest BCUT2D eigenvalue weighted by Crippen LogP contribution is -2.48. The number of nitrogens with one attached hydrogen (secondary N) is 1. The standard InChI is InChI=1S/C25H30N8O2/c1-17(2)32-16-21-22(24(32)35)28-25(31-11-9-30(10-12-31)18(3)34)29-23(21)26-13-19-14-27-33(15-19)20-7-5-4-6-8-20/h4-8,14-17,35H,9-13H2,1-3H3,(H,26,28,29). The number of aromatic hydroxyl groups is 1. The number of benzene rings is 1. The van der Waals surface area contributed by atoms with Gasteiger partial charge in [-0.1, -0.05) is 18.2 Å². The Morgan fingerprint density at radius 3 is 2.51 bits per heavy atom. The van der Waals surface area contributed by atoms with Crippen LogP contribution in [0, 0.1) is 0 Å². The molecule has 0 unspecified atom stereocenters. The van der Waals surface area contributed by atoms with E-state index in [2.05, 4.69) is 15.3 Å². The van der Waals surface area contributed by atoms with E-state index >= 15 is 0 Å². The highest BCUT2D eigenvalue weighted by atomic mass is 16.3. The number of anilines is 2. The van der Waals surface area contributed by atoms with Gasteiger partial charge >= 0.3 is 0 Å². The Morgan fingerprint density at radius 1 is 1.09 bits per heavy atom. The third-order valence-corrected chi connectivity index (χ3v) is 6.34. The number of carbonyl (C=O) groups excluding carboxylic acids is 1. The monoisotopic (exact) mass is 474 g/mol. The molecule has 4 aromatic rings. The zero-order valence-electron chi connectivity index (χ0n) is 20.2. The average Bonchev–Trinajstić information content (AvgIpc) is 3.48. The van der Waals surface area contributed by atoms with E-state index in [0.29, 0.717) is 50.0 Å². The first-order chi connectivity index (χ1) is 16.9. The van der Waals surface area contributed by atoms with Gasteiger partial charge in [-0.2, -0.15) is 10.1 Å². The maximum atomic E-state index is 11.7. The van der Waals surface area contributed by atoms with Crippen LogP contribution in [0.2, 0.25) is 0 Å². The molecule has 0 saturated carbocycles. The van der Waals surface area contributed by atoms with Crippen LogP contribution < -0.4 is 10.2 Å². The fourth-order valence-electron chi connectivity index (χ4n) is 4.32. The third-order valence-electron chi connectivity index (χ3n) is 6.34. The number of nitrogens with zero attached hydrogens (tertiary/aromatic N) is 7. The molecule has 10 heteroatoms. The van der Waals surface area contributed by atoms with Crippen LogP contribution in [0.3, 0.4) is 0 Å². The summed E-state index contributed by atoms with van der Waals surface area (Å²) in [6.07, 6.45) is 5.71. The molecule has 10 nitrogen and oxygen atoms in total. The molecule has 182 valence electrons. The van der Waals surface area contributed by atoms with Crippen LogP contribution >= 0.6 is 0 Å². The van der Waals surface area contributed by atoms with Crippen molar-refractivity contribution in [1.29, 1.82) is 0 Å². The van der Waals surface area contributed by atoms with Crippen molar-refractivity contribution in [2.75, 3.05) is 36.4 Å². The van der Waals surface area contributed by atoms with Gasteiger partial charge in [0.15, 0.2) is 0 Å². The summed E-state index contributed by atoms with van der Waals surface area (Å²) in [5.74, 6) is 1.40. The van der Waals surface area contributed by atoms with Gasteiger partial charge < -0.3 is 24.8 Å². The highest BCUT2D eigenvalue weighted by molar-refractivity contribution is 5.94. The van der Waals surface area contributed by atoms with E-state index in [1.807, 2.05) is 72.4 Å². The van der Waals surface area contributed by atoms with E-state index in [0.717, 1.165) is 16.6 Å². The lowest BCUT2D eigenvalue weighted by atomic mass is 10.3. The molecule has 35 heavy (non-hydrogen) atoms. The number of carbonyl (C=O) groups is 1. The van der Waals surface area contributed by atoms with Gasteiger partial charge in [-0.05, 0) is 26.0 Å². The zero-order valence-corrected chi connectivity index (χ0v) is 20.2. The van der Waals surface area contributed by atoms with Gasteiger partial charge in [0.05, 0.1) is 17.3 Å². The zero-order chi connectivity index (χ0) is 24.5. The number of piperazine rings is 1. The molecule has 0 atom stereocenters. The second kappa shape index (κ2) is 9.28. The van der Waals surface area contributed by atoms with Crippen molar-refractivity contribution in [3.8, 4) is 11.6 Å². The first kappa shape index (κ1) is 22.7. The van der Waals surface area contributed by atoms with Crippen molar-refractivity contribution in [1.82, 2.24) is 29.2 Å². The van der Waals surface area contributed by atoms with Gasteiger partial charge in [-0.3, -0.25) is 4.79 Å². The summed E-state index contributed by atoms with van der Waals surface area (Å²) in [6, 6.07) is 10.0. The summed E-state index contributed by atoms with van der Waals surface area (Å²) >= 11 is 0. The molecular weight excluding hydrogens is 444 g/mol. The van der Waals surface area contributed by atoms with Crippen LogP contribution in [0.4, 0.5) is 11.8 Å². The molecule has 3 aromatic heterocycles. The van der Waals surface area contributed by atoms with E-state index < -0.39 is 0 Å². The molecule has 0 spiro atoms. The van der Waals surface area contributed by atoms with E-state index in [1.54, 1.807) is 11.5 Å². The minimum absolute atomic E-state index is 0.0729. The molecular formula is C25H30N8O2. The van der Waals surface area contributed by atoms with Crippen LogP contribution in [0.5, 0.6) is 5.88 Å². The summed E-state index contributed by atoms with van der Waals surface area (Å²) < 4.78 is 3.64. The highest BCUT2D eigenvalue weighted by Gasteiger charge is 2.24. The predicted octanol–water partition coefficient (Wildman–Crippen LogP) is 3.18. The minimum Gasteiger partial charge on any atom is -0.493 e. The molecule has 0 aliphatic carbocycles. The van der Waals surface area contributed by atoms with Gasteiger partial charge in [0.1, 0.15) is 11.3 Å². The van der Waals surface area contributed by atoms with Crippen molar-refractivity contribution in [2.45, 2.75) is 33.4 Å². The molecule has 1 fully saturated rings. The third kappa shape index (κ3) is 4.51. The van der Waals surface area contributed by atoms with E-state index in [-0.39, 0.29) is 17.8 Å². The highest BCUT2D eigenvalue weighted by Crippen LogP contribution is 2.34. The van der Waals surface area contributed by atoms with Crippen LogP contribution in [-0.2, 0) is 11.3 Å². The lowest BCUT2D eigenvalue weighted by molar-refractivity contribution is -0.129. The van der Waals surface area contributed by atoms with Crippen LogP contribution in [-0.4, -0.2) is 66.4 Å². The summed E-state index contributed by atoms with van der Waals surface area (Å²) in [6.45, 7) is 8.66. The molecule has 0 radical (unpaired) electrons. The van der Waals surface area contributed by atoms with Crippen molar-refractivity contribution in [3.63, 3.8) is 0 Å². The Labute approximate surface area is 203 Å². The Bertz CT molecular complexity index is 1340. The largest absolute Gasteiger partial charge is 0.493 e. The van der Waals surface area contributed by atoms with Crippen molar-refractivity contribution < 1.29 is 9.90 Å². The Morgan fingerprint density at radius 2 is 1.83 bits per heavy atom. The van der Waals surface area contributed by atoms with Gasteiger partial charge in [-0.25, -0.2) is 9.67 Å². The van der Waals surface area contributed by atoms with Crippen molar-refractivity contribution in [3.05, 3.63) is 54.5 Å². The minimum atomic E-state index is 0.0729. The molecule has 1 aliphatic heterocycles. The van der Waals surface area contributed by atoms with E-state index in [4.69, 9.17) is 9.97 Å². The molecule has 1 amide bonds. The maximum Gasteiger partial charge on any atom is 0.228 e. The van der Waals surface area contributed by atoms with Crippen LogP contribution in [0.15, 0.2) is 48.9 Å². The maximum absolute atomic E-state index is 11.7. The number of aromatic nitrogens is 5. The normalized spacial score (nSPS) is 14.2. The second-order valence-corrected chi connectivity index (χ2v) is 9.06. The summed E-state index contributed by atoms with van der Waals surface area (Å²) in [7, 11) is 0. The first-order valence-corrected chi connectivity index (χ1v) is 11.9. The number of amides is 1. The predicted molar refractivity (Wildman–Crippen MR) is 135 cm³/mol. The average molecular weight is 475 g/mol. The number of fused-ring (bicyclic) bond motifs is 1. The summed E-state index contributed by atoms with van der Waals surface area (Å²) in [5.41, 5.74) is 2.51. The topological polar surface area (TPSA) is 104 Å². The lowest BCUT2D eigenvalue weighted by Gasteiger charge is -2.34. The Kier molecular flexibility index (Phi) is 6.02. The molecule has 1 aromatic carbocycles. The van der Waals surface area contributed by atoms with Crippen molar-refractivity contribution in [2.24, 2.45) is 0 Å². The van der Waals surface area contributed by atoms with Crippen molar-refractivity contribution >= 4 is 28.6 Å². The number of hydrogen-bond acceptors (Lipinski definition) is 7. The second-order valence-electron chi connectivity index (χ2n) is 9.06. The van der Waals surface area contributed by atoms with Gasteiger partial charge in [0.25, 0.3) is 0 Å². The summed E-state index contributed by atoms with van der Waals surface area (Å²) in [4.78, 5) is 25.2. The molecule has 4 heterocycles. The Balaban J connectivity index is 1.44. The molecule has 1 saturated heterocycles. The van der Waals surface area contributed by atoms with Crippen LogP contribution in [0.1, 0.15) is 32.4 Å². The van der Waals surface area contributed by atoms with Gasteiger partial charge in [0, 0.05) is 63.6 Å². The fraction of sp³-hybridized carbons (Fsp3) is 0.360. The molecule has 0 bridgehead atoms. The van der Waals surface area contributed by atoms with E-state index in [9.17, 15) is 9.90 Å². The first-order valence-electron chi connectivity index (χ1n) is 11.9. The smallest absolute Gasteiger partial charge is 0.228 e. The number of para-hydroxylation sites is 1.